The van der Waals surface area contributed by atoms with Crippen LogP contribution in [0.2, 0.25) is 0 Å². The molecule has 1 aliphatic heterocycles. The van der Waals surface area contributed by atoms with Gasteiger partial charge in [0.05, 0.1) is 25.1 Å². The minimum atomic E-state index is 0.0141. The number of rotatable bonds is 4. The molecule has 1 fully saturated rings. The molecule has 1 aromatic carbocycles. The molecule has 20 heavy (non-hydrogen) atoms. The standard InChI is InChI=1S/C16H17NO3/c18-16(15-6-8-20-11-15)17-9-12-1-3-13(4-2-12)14-5-7-19-10-14/h1-5,7,10,15H,6,8-9,11H2,(H,17,18)/t15-/m0/s1. The summed E-state index contributed by atoms with van der Waals surface area (Å²) in [6.07, 6.45) is 4.20. The number of furan rings is 1. The van der Waals surface area contributed by atoms with Crippen LogP contribution in [0.5, 0.6) is 0 Å². The Morgan fingerprint density at radius 2 is 2.05 bits per heavy atom. The SMILES string of the molecule is O=C(NCc1ccc(-c2ccoc2)cc1)[C@H]1CCOC1. The van der Waals surface area contributed by atoms with Gasteiger partial charge in [-0.15, -0.1) is 0 Å². The lowest BCUT2D eigenvalue weighted by molar-refractivity contribution is -0.125. The number of carbonyl (C=O) groups excluding carboxylic acids is 1. The van der Waals surface area contributed by atoms with Gasteiger partial charge in [0.25, 0.3) is 0 Å². The quantitative estimate of drug-likeness (QED) is 0.930. The van der Waals surface area contributed by atoms with Gasteiger partial charge in [-0.2, -0.15) is 0 Å². The summed E-state index contributed by atoms with van der Waals surface area (Å²) in [5, 5.41) is 2.96. The van der Waals surface area contributed by atoms with Crippen molar-refractivity contribution in [2.45, 2.75) is 13.0 Å². The molecule has 1 aliphatic rings. The number of carbonyl (C=O) groups is 1. The average molecular weight is 271 g/mol. The Hall–Kier alpha value is -2.07. The molecule has 0 spiro atoms. The molecule has 2 heterocycles. The maximum Gasteiger partial charge on any atom is 0.225 e. The molecule has 0 saturated carbocycles. The molecular formula is C16H17NO3. The van der Waals surface area contributed by atoms with Gasteiger partial charge in [-0.05, 0) is 23.6 Å². The van der Waals surface area contributed by atoms with Crippen LogP contribution in [-0.2, 0) is 16.1 Å². The van der Waals surface area contributed by atoms with Crippen LogP contribution in [0, 0.1) is 5.92 Å². The fourth-order valence-corrected chi connectivity index (χ4v) is 2.32. The average Bonchev–Trinajstić information content (AvgIpc) is 3.18. The third-order valence-corrected chi connectivity index (χ3v) is 3.58. The lowest BCUT2D eigenvalue weighted by Crippen LogP contribution is -2.30. The van der Waals surface area contributed by atoms with E-state index in [0.717, 1.165) is 23.1 Å². The summed E-state index contributed by atoms with van der Waals surface area (Å²) in [5.41, 5.74) is 3.26. The van der Waals surface area contributed by atoms with Crippen LogP contribution >= 0.6 is 0 Å². The highest BCUT2D eigenvalue weighted by Crippen LogP contribution is 2.20. The number of amides is 1. The van der Waals surface area contributed by atoms with Gasteiger partial charge in [-0.1, -0.05) is 24.3 Å². The molecule has 1 saturated heterocycles. The van der Waals surface area contributed by atoms with E-state index in [0.29, 0.717) is 19.8 Å². The van der Waals surface area contributed by atoms with E-state index in [4.69, 9.17) is 9.15 Å². The summed E-state index contributed by atoms with van der Waals surface area (Å²) in [7, 11) is 0. The molecule has 2 aromatic rings. The zero-order chi connectivity index (χ0) is 13.8. The lowest BCUT2D eigenvalue weighted by Gasteiger charge is -2.09. The second-order valence-electron chi connectivity index (χ2n) is 4.99. The lowest BCUT2D eigenvalue weighted by atomic mass is 10.1. The summed E-state index contributed by atoms with van der Waals surface area (Å²) >= 11 is 0. The Morgan fingerprint density at radius 1 is 1.20 bits per heavy atom. The van der Waals surface area contributed by atoms with Crippen molar-refractivity contribution in [1.29, 1.82) is 0 Å². The fourth-order valence-electron chi connectivity index (χ4n) is 2.32. The summed E-state index contributed by atoms with van der Waals surface area (Å²) in [6, 6.07) is 10.0. The summed E-state index contributed by atoms with van der Waals surface area (Å²) in [5.74, 6) is 0.0987. The van der Waals surface area contributed by atoms with Crippen molar-refractivity contribution < 1.29 is 13.9 Å². The van der Waals surface area contributed by atoms with Gasteiger partial charge in [0.15, 0.2) is 0 Å². The third-order valence-electron chi connectivity index (χ3n) is 3.58. The highest BCUT2D eigenvalue weighted by Gasteiger charge is 2.22. The van der Waals surface area contributed by atoms with E-state index in [9.17, 15) is 4.79 Å². The molecule has 4 heteroatoms. The highest BCUT2D eigenvalue weighted by atomic mass is 16.5. The van der Waals surface area contributed by atoms with Crippen molar-refractivity contribution in [1.82, 2.24) is 5.32 Å². The minimum Gasteiger partial charge on any atom is -0.472 e. The van der Waals surface area contributed by atoms with Crippen molar-refractivity contribution >= 4 is 5.91 Å². The minimum absolute atomic E-state index is 0.0141. The van der Waals surface area contributed by atoms with Crippen LogP contribution in [-0.4, -0.2) is 19.1 Å². The number of nitrogens with one attached hydrogen (secondary N) is 1. The van der Waals surface area contributed by atoms with Gasteiger partial charge in [0.1, 0.15) is 0 Å². The molecule has 3 rings (SSSR count). The summed E-state index contributed by atoms with van der Waals surface area (Å²) in [6.45, 7) is 1.80. The van der Waals surface area contributed by atoms with Crippen LogP contribution in [0.15, 0.2) is 47.3 Å². The Labute approximate surface area is 117 Å². The first-order valence-electron chi connectivity index (χ1n) is 6.80. The number of ether oxygens (including phenoxy) is 1. The van der Waals surface area contributed by atoms with E-state index in [-0.39, 0.29) is 11.8 Å². The molecule has 4 nitrogen and oxygen atoms in total. The molecular weight excluding hydrogens is 254 g/mol. The molecule has 1 aromatic heterocycles. The van der Waals surface area contributed by atoms with Crippen molar-refractivity contribution in [3.05, 3.63) is 48.4 Å². The molecule has 104 valence electrons. The summed E-state index contributed by atoms with van der Waals surface area (Å²) in [4.78, 5) is 11.9. The van der Waals surface area contributed by atoms with Gasteiger partial charge in [0.2, 0.25) is 5.91 Å². The zero-order valence-electron chi connectivity index (χ0n) is 11.2. The van der Waals surface area contributed by atoms with Crippen LogP contribution in [0.4, 0.5) is 0 Å². The van der Waals surface area contributed by atoms with Gasteiger partial charge >= 0.3 is 0 Å². The van der Waals surface area contributed by atoms with Gasteiger partial charge in [-0.25, -0.2) is 0 Å². The van der Waals surface area contributed by atoms with Crippen molar-refractivity contribution in [2.24, 2.45) is 5.92 Å². The first-order valence-corrected chi connectivity index (χ1v) is 6.80. The Kier molecular flexibility index (Phi) is 3.83. The van der Waals surface area contributed by atoms with Crippen LogP contribution in [0.25, 0.3) is 11.1 Å². The molecule has 1 amide bonds. The normalized spacial score (nSPS) is 18.1. The topological polar surface area (TPSA) is 51.5 Å². The van der Waals surface area contributed by atoms with Crippen LogP contribution in [0.1, 0.15) is 12.0 Å². The predicted molar refractivity (Wildman–Crippen MR) is 74.9 cm³/mol. The largest absolute Gasteiger partial charge is 0.472 e. The van der Waals surface area contributed by atoms with Gasteiger partial charge < -0.3 is 14.5 Å². The van der Waals surface area contributed by atoms with Gasteiger partial charge in [0, 0.05) is 18.7 Å². The van der Waals surface area contributed by atoms with E-state index in [1.165, 1.54) is 0 Å². The van der Waals surface area contributed by atoms with Crippen molar-refractivity contribution in [3.8, 4) is 11.1 Å². The number of hydrogen-bond donors (Lipinski definition) is 1. The zero-order valence-corrected chi connectivity index (χ0v) is 11.2. The van der Waals surface area contributed by atoms with E-state index in [2.05, 4.69) is 5.32 Å². The molecule has 0 unspecified atom stereocenters. The predicted octanol–water partition coefficient (Wildman–Crippen LogP) is 2.60. The Bertz CT molecular complexity index is 554. The van der Waals surface area contributed by atoms with E-state index < -0.39 is 0 Å². The highest BCUT2D eigenvalue weighted by molar-refractivity contribution is 5.79. The third kappa shape index (κ3) is 2.91. The molecule has 1 atom stereocenters. The first-order chi connectivity index (χ1) is 9.83. The molecule has 0 radical (unpaired) electrons. The maximum atomic E-state index is 11.9. The number of hydrogen-bond acceptors (Lipinski definition) is 3. The van der Waals surface area contributed by atoms with E-state index in [1.54, 1.807) is 12.5 Å². The first kappa shape index (κ1) is 12.9. The van der Waals surface area contributed by atoms with E-state index in [1.807, 2.05) is 30.3 Å². The molecule has 0 aliphatic carbocycles. The van der Waals surface area contributed by atoms with Crippen LogP contribution < -0.4 is 5.32 Å². The second-order valence-corrected chi connectivity index (χ2v) is 4.99. The van der Waals surface area contributed by atoms with Crippen molar-refractivity contribution in [3.63, 3.8) is 0 Å². The maximum absolute atomic E-state index is 11.9. The van der Waals surface area contributed by atoms with E-state index >= 15 is 0 Å². The van der Waals surface area contributed by atoms with Gasteiger partial charge in [-0.3, -0.25) is 4.79 Å². The smallest absolute Gasteiger partial charge is 0.225 e. The Balaban J connectivity index is 1.57. The fraction of sp³-hybridized carbons (Fsp3) is 0.312. The summed E-state index contributed by atoms with van der Waals surface area (Å²) < 4.78 is 10.3. The monoisotopic (exact) mass is 271 g/mol. The molecule has 0 bridgehead atoms. The molecule has 1 N–H and O–H groups in total. The Morgan fingerprint density at radius 3 is 2.70 bits per heavy atom. The van der Waals surface area contributed by atoms with Crippen molar-refractivity contribution in [2.75, 3.05) is 13.2 Å². The van der Waals surface area contributed by atoms with Crippen LogP contribution in [0.3, 0.4) is 0 Å². The number of benzene rings is 1. The second kappa shape index (κ2) is 5.92.